The van der Waals surface area contributed by atoms with Gasteiger partial charge in [-0.3, -0.25) is 4.98 Å². The van der Waals surface area contributed by atoms with Crippen molar-refractivity contribution in [3.63, 3.8) is 0 Å². The van der Waals surface area contributed by atoms with E-state index in [1.807, 2.05) is 38.1 Å². The Morgan fingerprint density at radius 2 is 2.05 bits per heavy atom. The van der Waals surface area contributed by atoms with E-state index in [1.54, 1.807) is 20.2 Å². The highest BCUT2D eigenvalue weighted by Crippen LogP contribution is 2.25. The fourth-order valence-electron chi connectivity index (χ4n) is 2.23. The zero-order valence-corrected chi connectivity index (χ0v) is 12.9. The van der Waals surface area contributed by atoms with E-state index in [-0.39, 0.29) is 0 Å². The molecule has 0 aliphatic carbocycles. The summed E-state index contributed by atoms with van der Waals surface area (Å²) in [5, 5.41) is 9.59. The maximum Gasteiger partial charge on any atom is 0.131 e. The van der Waals surface area contributed by atoms with Crippen LogP contribution in [0.4, 0.5) is 0 Å². The number of aryl methyl sites for hydroxylation is 1. The summed E-state index contributed by atoms with van der Waals surface area (Å²) in [6, 6.07) is 7.45. The Bertz CT molecular complexity index is 623. The molecule has 0 spiro atoms. The molecule has 0 radical (unpaired) electrons. The molecule has 1 N–H and O–H groups in total. The Hall–Kier alpha value is -2.07. The van der Waals surface area contributed by atoms with Crippen molar-refractivity contribution in [3.8, 4) is 11.5 Å². The first kappa shape index (κ1) is 15.3. The van der Waals surface area contributed by atoms with Crippen LogP contribution < -0.4 is 9.47 Å². The lowest BCUT2D eigenvalue weighted by atomic mass is 10.1. The van der Waals surface area contributed by atoms with Crippen molar-refractivity contribution >= 4 is 0 Å². The van der Waals surface area contributed by atoms with Crippen molar-refractivity contribution in [1.82, 2.24) is 4.98 Å². The second-order valence-electron chi connectivity index (χ2n) is 5.08. The van der Waals surface area contributed by atoms with Gasteiger partial charge in [0.15, 0.2) is 0 Å². The topological polar surface area (TPSA) is 51.6 Å². The first-order valence-corrected chi connectivity index (χ1v) is 6.92. The summed E-state index contributed by atoms with van der Waals surface area (Å²) in [5.41, 5.74) is 3.68. The van der Waals surface area contributed by atoms with Crippen molar-refractivity contribution < 1.29 is 14.6 Å². The van der Waals surface area contributed by atoms with Gasteiger partial charge >= 0.3 is 0 Å². The number of aliphatic hydroxyl groups excluding tert-OH is 1. The molecule has 4 nitrogen and oxygen atoms in total. The molecule has 2 rings (SSSR count). The number of aliphatic hydroxyl groups is 1. The molecule has 0 fully saturated rings. The molecule has 0 amide bonds. The van der Waals surface area contributed by atoms with Crippen molar-refractivity contribution in [2.75, 3.05) is 7.11 Å². The lowest BCUT2D eigenvalue weighted by Crippen LogP contribution is -2.04. The van der Waals surface area contributed by atoms with Crippen LogP contribution in [-0.2, 0) is 6.61 Å². The summed E-state index contributed by atoms with van der Waals surface area (Å²) in [6.07, 6.45) is 1.28. The number of hydrogen-bond donors (Lipinski definition) is 1. The van der Waals surface area contributed by atoms with Gasteiger partial charge in [-0.25, -0.2) is 0 Å². The molecule has 4 heteroatoms. The first-order valence-electron chi connectivity index (χ1n) is 6.92. The van der Waals surface area contributed by atoms with Gasteiger partial charge in [0.2, 0.25) is 0 Å². The summed E-state index contributed by atoms with van der Waals surface area (Å²) in [5.74, 6) is 1.57. The lowest BCUT2D eigenvalue weighted by molar-refractivity contribution is 0.198. The summed E-state index contributed by atoms with van der Waals surface area (Å²) in [7, 11) is 1.66. The van der Waals surface area contributed by atoms with Gasteiger partial charge in [0.25, 0.3) is 0 Å². The molecular formula is C17H21NO3. The number of hydrogen-bond acceptors (Lipinski definition) is 4. The number of rotatable bonds is 5. The quantitative estimate of drug-likeness (QED) is 0.916. The van der Waals surface area contributed by atoms with Crippen molar-refractivity contribution in [3.05, 3.63) is 52.8 Å². The van der Waals surface area contributed by atoms with Gasteiger partial charge in [0, 0.05) is 17.3 Å². The molecule has 1 atom stereocenters. The van der Waals surface area contributed by atoms with Gasteiger partial charge in [0.1, 0.15) is 18.1 Å². The van der Waals surface area contributed by atoms with Crippen LogP contribution in [0.25, 0.3) is 0 Å². The first-order chi connectivity index (χ1) is 10.0. The molecule has 1 unspecified atom stereocenters. The predicted molar refractivity (Wildman–Crippen MR) is 81.7 cm³/mol. The minimum absolute atomic E-state index is 0.367. The number of aromatic nitrogens is 1. The highest BCUT2D eigenvalue weighted by atomic mass is 16.5. The molecule has 0 bridgehead atoms. The van der Waals surface area contributed by atoms with E-state index in [4.69, 9.17) is 9.47 Å². The predicted octanol–water partition coefficient (Wildman–Crippen LogP) is 3.34. The Labute approximate surface area is 125 Å². The van der Waals surface area contributed by atoms with E-state index in [0.717, 1.165) is 28.1 Å². The largest absolute Gasteiger partial charge is 0.496 e. The van der Waals surface area contributed by atoms with Crippen molar-refractivity contribution in [1.29, 1.82) is 0 Å². The number of benzene rings is 1. The minimum Gasteiger partial charge on any atom is -0.496 e. The van der Waals surface area contributed by atoms with Crippen LogP contribution >= 0.6 is 0 Å². The third-order valence-corrected chi connectivity index (χ3v) is 3.47. The van der Waals surface area contributed by atoms with Crippen LogP contribution in [0.15, 0.2) is 30.5 Å². The SMILES string of the molecule is COc1c(C)cnc(COc2cccc(C(C)O)c2)c1C. The normalized spacial score (nSPS) is 12.0. The number of ether oxygens (including phenoxy) is 2. The van der Waals surface area contributed by atoms with Gasteiger partial charge in [-0.1, -0.05) is 12.1 Å². The van der Waals surface area contributed by atoms with Crippen LogP contribution in [0.3, 0.4) is 0 Å². The molecule has 112 valence electrons. The van der Waals surface area contributed by atoms with E-state index in [9.17, 15) is 5.11 Å². The number of pyridine rings is 1. The molecule has 0 aliphatic rings. The molecule has 1 heterocycles. The molecule has 1 aromatic carbocycles. The van der Waals surface area contributed by atoms with Gasteiger partial charge < -0.3 is 14.6 Å². The molecule has 1 aromatic heterocycles. The zero-order chi connectivity index (χ0) is 15.4. The van der Waals surface area contributed by atoms with Gasteiger partial charge in [-0.2, -0.15) is 0 Å². The molecule has 0 saturated carbocycles. The summed E-state index contributed by atoms with van der Waals surface area (Å²) >= 11 is 0. The minimum atomic E-state index is -0.507. The van der Waals surface area contributed by atoms with Gasteiger partial charge in [-0.05, 0) is 38.5 Å². The second kappa shape index (κ2) is 6.59. The van der Waals surface area contributed by atoms with Crippen LogP contribution in [0, 0.1) is 13.8 Å². The average Bonchev–Trinajstić information content (AvgIpc) is 2.47. The summed E-state index contributed by atoms with van der Waals surface area (Å²) in [6.45, 7) is 6.04. The van der Waals surface area contributed by atoms with Crippen molar-refractivity contribution in [2.45, 2.75) is 33.5 Å². The zero-order valence-electron chi connectivity index (χ0n) is 12.9. The highest BCUT2D eigenvalue weighted by molar-refractivity contribution is 5.41. The third-order valence-electron chi connectivity index (χ3n) is 3.47. The molecular weight excluding hydrogens is 266 g/mol. The molecule has 21 heavy (non-hydrogen) atoms. The standard InChI is InChI=1S/C17H21NO3/c1-11-9-18-16(12(2)17(11)20-4)10-21-15-7-5-6-14(8-15)13(3)19/h5-9,13,19H,10H2,1-4H3. The fourth-order valence-corrected chi connectivity index (χ4v) is 2.23. The molecule has 2 aromatic rings. The molecule has 0 saturated heterocycles. The number of nitrogens with zero attached hydrogens (tertiary/aromatic N) is 1. The fraction of sp³-hybridized carbons (Fsp3) is 0.353. The summed E-state index contributed by atoms with van der Waals surface area (Å²) in [4.78, 5) is 4.40. The highest BCUT2D eigenvalue weighted by Gasteiger charge is 2.10. The smallest absolute Gasteiger partial charge is 0.131 e. The van der Waals surface area contributed by atoms with Gasteiger partial charge in [0.05, 0.1) is 18.9 Å². The van der Waals surface area contributed by atoms with Crippen molar-refractivity contribution in [2.24, 2.45) is 0 Å². The van der Waals surface area contributed by atoms with E-state index in [0.29, 0.717) is 12.4 Å². The van der Waals surface area contributed by atoms with E-state index >= 15 is 0 Å². The van der Waals surface area contributed by atoms with Crippen LogP contribution in [0.1, 0.15) is 35.4 Å². The van der Waals surface area contributed by atoms with E-state index in [1.165, 1.54) is 0 Å². The number of methoxy groups -OCH3 is 1. The van der Waals surface area contributed by atoms with Crippen LogP contribution in [0.5, 0.6) is 11.5 Å². The van der Waals surface area contributed by atoms with Gasteiger partial charge in [-0.15, -0.1) is 0 Å². The third kappa shape index (κ3) is 3.52. The van der Waals surface area contributed by atoms with E-state index in [2.05, 4.69) is 4.98 Å². The maximum absolute atomic E-state index is 9.59. The van der Waals surface area contributed by atoms with Crippen LogP contribution in [-0.4, -0.2) is 17.2 Å². The second-order valence-corrected chi connectivity index (χ2v) is 5.08. The average molecular weight is 287 g/mol. The Kier molecular flexibility index (Phi) is 4.81. The summed E-state index contributed by atoms with van der Waals surface area (Å²) < 4.78 is 11.2. The lowest BCUT2D eigenvalue weighted by Gasteiger charge is -2.13. The monoisotopic (exact) mass is 287 g/mol. The van der Waals surface area contributed by atoms with E-state index < -0.39 is 6.10 Å². The molecule has 0 aliphatic heterocycles. The Morgan fingerprint density at radius 1 is 1.29 bits per heavy atom. The van der Waals surface area contributed by atoms with Crippen LogP contribution in [0.2, 0.25) is 0 Å². The Balaban J connectivity index is 2.15. The Morgan fingerprint density at radius 3 is 2.71 bits per heavy atom. The maximum atomic E-state index is 9.59.